The maximum Gasteiger partial charge on any atom is 0.331 e. The summed E-state index contributed by atoms with van der Waals surface area (Å²) in [5.74, 6) is 0.334. The number of nitrogens with zero attached hydrogens (tertiary/aromatic N) is 6. The maximum atomic E-state index is 14.2. The molecular weight excluding hydrogens is 508 g/mol. The van der Waals surface area contributed by atoms with Crippen LogP contribution in [0.3, 0.4) is 0 Å². The first-order valence-electron chi connectivity index (χ1n) is 13.8. The summed E-state index contributed by atoms with van der Waals surface area (Å²) in [7, 11) is 1.58. The molecule has 40 heavy (non-hydrogen) atoms. The van der Waals surface area contributed by atoms with Crippen LogP contribution in [0.25, 0.3) is 21.9 Å². The predicted octanol–water partition coefficient (Wildman–Crippen LogP) is 1.81. The van der Waals surface area contributed by atoms with Gasteiger partial charge in [0.1, 0.15) is 23.0 Å². The highest BCUT2D eigenvalue weighted by Gasteiger charge is 2.34. The van der Waals surface area contributed by atoms with Crippen LogP contribution < -0.4 is 27.2 Å². The summed E-state index contributed by atoms with van der Waals surface area (Å²) in [6.07, 6.45) is 3.57. The van der Waals surface area contributed by atoms with Crippen LogP contribution in [0.2, 0.25) is 0 Å². The number of nitrogens with one attached hydrogen (secondary N) is 1. The Kier molecular flexibility index (Phi) is 6.43. The standard InChI is InChI=1S/C29H32N8O3/c1-3-36-25-24(23(26(38)32-20-10-11-20)27(36)35-12-6-8-19(31)15-35)34(2)29(40)37(28(25)39)16-22-18(14-30)13-17-7-4-5-9-21(17)33-22/h4-5,7,9,13,19-20H,3,6,8,10-12,15-16,31H2,1-2H3,(H,32,38)/t19-/m1/s1. The van der Waals surface area contributed by atoms with Crippen LogP contribution in [-0.4, -0.2) is 49.8 Å². The van der Waals surface area contributed by atoms with Crippen LogP contribution >= 0.6 is 0 Å². The van der Waals surface area contributed by atoms with E-state index in [2.05, 4.69) is 21.3 Å². The number of aromatic nitrogens is 4. The SMILES string of the molecule is CCn1c(N2CCC[C@@H](N)C2)c(C(=O)NC2CC2)c2c1c(=O)n(Cc1nc3ccccc3cc1C#N)c(=O)n2C. The van der Waals surface area contributed by atoms with Crippen molar-refractivity contribution in [1.29, 1.82) is 5.26 Å². The van der Waals surface area contributed by atoms with Gasteiger partial charge in [-0.1, -0.05) is 18.2 Å². The molecule has 206 valence electrons. The maximum absolute atomic E-state index is 14.2. The van der Waals surface area contributed by atoms with Gasteiger partial charge in [0.25, 0.3) is 11.5 Å². The third-order valence-electron chi connectivity index (χ3n) is 7.96. The third kappa shape index (κ3) is 4.25. The van der Waals surface area contributed by atoms with E-state index in [-0.39, 0.29) is 30.1 Å². The number of fused-ring (bicyclic) bond motifs is 2. The summed E-state index contributed by atoms with van der Waals surface area (Å²) in [4.78, 5) is 48.3. The number of hydrogen-bond acceptors (Lipinski definition) is 7. The Morgan fingerprint density at radius 1 is 1.18 bits per heavy atom. The summed E-state index contributed by atoms with van der Waals surface area (Å²) in [6, 6.07) is 11.3. The molecule has 0 radical (unpaired) electrons. The van der Waals surface area contributed by atoms with E-state index in [0.29, 0.717) is 53.3 Å². The van der Waals surface area contributed by atoms with Crippen molar-refractivity contribution in [2.75, 3.05) is 18.0 Å². The predicted molar refractivity (Wildman–Crippen MR) is 153 cm³/mol. The lowest BCUT2D eigenvalue weighted by atomic mass is 10.1. The Balaban J connectivity index is 1.59. The minimum absolute atomic E-state index is 0.0553. The molecule has 1 atom stereocenters. The molecule has 1 saturated carbocycles. The number of para-hydroxylation sites is 1. The van der Waals surface area contributed by atoms with Gasteiger partial charge in [0.15, 0.2) is 0 Å². The van der Waals surface area contributed by atoms with Gasteiger partial charge in [-0.25, -0.2) is 9.78 Å². The minimum Gasteiger partial charge on any atom is -0.356 e. The lowest BCUT2D eigenvalue weighted by Gasteiger charge is -2.33. The zero-order chi connectivity index (χ0) is 28.1. The fourth-order valence-electron chi connectivity index (χ4n) is 5.82. The summed E-state index contributed by atoms with van der Waals surface area (Å²) in [5.41, 5.74) is 7.45. The van der Waals surface area contributed by atoms with Gasteiger partial charge in [-0.2, -0.15) is 5.26 Å². The van der Waals surface area contributed by atoms with Gasteiger partial charge in [-0.05, 0) is 44.7 Å². The van der Waals surface area contributed by atoms with E-state index in [0.717, 1.165) is 35.6 Å². The van der Waals surface area contributed by atoms with Gasteiger partial charge in [-0.3, -0.25) is 18.7 Å². The number of pyridine rings is 1. The molecule has 0 bridgehead atoms. The molecule has 1 aromatic carbocycles. The highest BCUT2D eigenvalue weighted by Crippen LogP contribution is 2.33. The second-order valence-corrected chi connectivity index (χ2v) is 10.8. The first-order valence-corrected chi connectivity index (χ1v) is 13.8. The molecule has 3 aromatic heterocycles. The zero-order valence-electron chi connectivity index (χ0n) is 22.7. The molecule has 11 nitrogen and oxygen atoms in total. The molecular formula is C29H32N8O3. The summed E-state index contributed by atoms with van der Waals surface area (Å²) in [6.45, 7) is 3.41. The number of aryl methyl sites for hydroxylation is 2. The van der Waals surface area contributed by atoms with Crippen molar-refractivity contribution < 1.29 is 4.79 Å². The third-order valence-corrected chi connectivity index (χ3v) is 7.96. The van der Waals surface area contributed by atoms with E-state index in [1.165, 1.54) is 4.57 Å². The second kappa shape index (κ2) is 9.95. The molecule has 2 aliphatic rings. The Morgan fingerprint density at radius 2 is 1.95 bits per heavy atom. The normalized spacial score (nSPS) is 17.4. The molecule has 1 amide bonds. The number of benzene rings is 1. The van der Waals surface area contributed by atoms with E-state index < -0.39 is 11.2 Å². The second-order valence-electron chi connectivity index (χ2n) is 10.8. The van der Waals surface area contributed by atoms with Crippen LogP contribution in [0.1, 0.15) is 54.2 Å². The average molecular weight is 541 g/mol. The monoisotopic (exact) mass is 540 g/mol. The van der Waals surface area contributed by atoms with Gasteiger partial charge in [0.2, 0.25) is 0 Å². The van der Waals surface area contributed by atoms with Crippen molar-refractivity contribution in [2.24, 2.45) is 12.8 Å². The fourth-order valence-corrected chi connectivity index (χ4v) is 5.82. The van der Waals surface area contributed by atoms with Crippen molar-refractivity contribution in [2.45, 2.75) is 57.8 Å². The lowest BCUT2D eigenvalue weighted by molar-refractivity contribution is 0.0952. The van der Waals surface area contributed by atoms with Crippen molar-refractivity contribution in [3.05, 3.63) is 68.0 Å². The highest BCUT2D eigenvalue weighted by atomic mass is 16.2. The smallest absolute Gasteiger partial charge is 0.331 e. The molecule has 1 aliphatic heterocycles. The first kappa shape index (κ1) is 25.8. The molecule has 4 aromatic rings. The number of nitrogens with two attached hydrogens (primary N) is 1. The topological polar surface area (TPSA) is 144 Å². The number of hydrogen-bond donors (Lipinski definition) is 2. The molecule has 0 unspecified atom stereocenters. The van der Waals surface area contributed by atoms with Crippen molar-refractivity contribution in [3.63, 3.8) is 0 Å². The van der Waals surface area contributed by atoms with Gasteiger partial charge in [0.05, 0.1) is 28.8 Å². The summed E-state index contributed by atoms with van der Waals surface area (Å²) >= 11 is 0. The van der Waals surface area contributed by atoms with Crippen LogP contribution in [0.4, 0.5) is 5.82 Å². The minimum atomic E-state index is -0.577. The van der Waals surface area contributed by atoms with E-state index in [1.807, 2.05) is 35.8 Å². The number of carbonyl (C=O) groups excluding carboxylic acids is 1. The number of anilines is 1. The lowest BCUT2D eigenvalue weighted by Crippen LogP contribution is -2.44. The summed E-state index contributed by atoms with van der Waals surface area (Å²) < 4.78 is 4.33. The first-order chi connectivity index (χ1) is 19.3. The highest BCUT2D eigenvalue weighted by molar-refractivity contribution is 6.11. The number of rotatable bonds is 6. The van der Waals surface area contributed by atoms with Crippen LogP contribution in [0, 0.1) is 11.3 Å². The Morgan fingerprint density at radius 3 is 2.65 bits per heavy atom. The molecule has 11 heteroatoms. The van der Waals surface area contributed by atoms with Gasteiger partial charge < -0.3 is 20.5 Å². The van der Waals surface area contributed by atoms with Gasteiger partial charge in [0, 0.05) is 44.2 Å². The fraction of sp³-hybridized carbons (Fsp3) is 0.414. The van der Waals surface area contributed by atoms with Gasteiger partial charge >= 0.3 is 5.69 Å². The van der Waals surface area contributed by atoms with Crippen LogP contribution in [0.15, 0.2) is 39.9 Å². The van der Waals surface area contributed by atoms with Crippen LogP contribution in [0.5, 0.6) is 0 Å². The average Bonchev–Trinajstić information content (AvgIpc) is 3.70. The number of piperidine rings is 1. The molecule has 1 saturated heterocycles. The largest absolute Gasteiger partial charge is 0.356 e. The molecule has 4 heterocycles. The Bertz CT molecular complexity index is 1820. The Labute approximate surface area is 230 Å². The molecule has 6 rings (SSSR count). The Hall–Kier alpha value is -4.43. The molecule has 2 fully saturated rings. The van der Waals surface area contributed by atoms with E-state index >= 15 is 0 Å². The van der Waals surface area contributed by atoms with Crippen molar-refractivity contribution in [1.82, 2.24) is 24.0 Å². The number of amides is 1. The van der Waals surface area contributed by atoms with Crippen molar-refractivity contribution >= 4 is 33.7 Å². The molecule has 1 aliphatic carbocycles. The number of nitriles is 1. The van der Waals surface area contributed by atoms with E-state index in [9.17, 15) is 19.6 Å². The van der Waals surface area contributed by atoms with E-state index in [4.69, 9.17) is 5.73 Å². The van der Waals surface area contributed by atoms with Gasteiger partial charge in [-0.15, -0.1) is 0 Å². The number of carbonyl (C=O) groups is 1. The zero-order valence-corrected chi connectivity index (χ0v) is 22.7. The van der Waals surface area contributed by atoms with Crippen molar-refractivity contribution in [3.8, 4) is 6.07 Å². The molecule has 3 N–H and O–H groups in total. The van der Waals surface area contributed by atoms with Crippen LogP contribution in [-0.2, 0) is 20.1 Å². The quantitative estimate of drug-likeness (QED) is 0.380. The molecule has 0 spiro atoms. The summed E-state index contributed by atoms with van der Waals surface area (Å²) in [5, 5.41) is 13.7. The van der Waals surface area contributed by atoms with E-state index in [1.54, 1.807) is 13.1 Å².